The zero-order chi connectivity index (χ0) is 45.1. The Kier molecular flexibility index (Phi) is 11.5. The van der Waals surface area contributed by atoms with Gasteiger partial charge in [-0.1, -0.05) is 134 Å². The molecule has 1 aliphatic carbocycles. The summed E-state index contributed by atoms with van der Waals surface area (Å²) in [7, 11) is -0.312. The highest BCUT2D eigenvalue weighted by molar-refractivity contribution is 7.85. The molecule has 0 radical (unpaired) electrons. The van der Waals surface area contributed by atoms with Gasteiger partial charge in [0, 0.05) is 57.7 Å². The van der Waals surface area contributed by atoms with Crippen LogP contribution < -0.4 is 4.90 Å². The third kappa shape index (κ3) is 7.99. The molecule has 0 aromatic heterocycles. The van der Waals surface area contributed by atoms with E-state index in [1.807, 2.05) is 24.3 Å². The molecule has 0 atom stereocenters. The van der Waals surface area contributed by atoms with Crippen molar-refractivity contribution < 1.29 is 17.5 Å². The highest BCUT2D eigenvalue weighted by Gasteiger charge is 2.44. The van der Waals surface area contributed by atoms with E-state index < -0.39 is 10.1 Å². The van der Waals surface area contributed by atoms with Crippen LogP contribution in [0, 0.1) is 13.8 Å². The first-order valence-electron chi connectivity index (χ1n) is 21.7. The Bertz CT molecular complexity index is 3020. The van der Waals surface area contributed by atoms with Gasteiger partial charge in [0.1, 0.15) is 17.2 Å². The second-order valence-corrected chi connectivity index (χ2v) is 20.3. The Morgan fingerprint density at radius 3 is 2.02 bits per heavy atom. The van der Waals surface area contributed by atoms with E-state index in [0.717, 1.165) is 63.2 Å². The summed E-state index contributed by atoms with van der Waals surface area (Å²) in [6.07, 6.45) is 11.7. The van der Waals surface area contributed by atoms with E-state index in [1.54, 1.807) is 6.07 Å². The number of likely N-dealkylation sites (N-methyl/N-ethyl adjacent to an activating group) is 1. The zero-order valence-corrected chi connectivity index (χ0v) is 39.2. The van der Waals surface area contributed by atoms with Gasteiger partial charge in [0.25, 0.3) is 0 Å². The smallest absolute Gasteiger partial charge is 0.210 e. The van der Waals surface area contributed by atoms with E-state index in [9.17, 15) is 13.0 Å². The highest BCUT2D eigenvalue weighted by atomic mass is 35.5. The van der Waals surface area contributed by atoms with Gasteiger partial charge in [-0.15, -0.1) is 0 Å². The van der Waals surface area contributed by atoms with Gasteiger partial charge in [-0.05, 0) is 116 Å². The van der Waals surface area contributed by atoms with E-state index in [-0.39, 0.29) is 21.1 Å². The summed E-state index contributed by atoms with van der Waals surface area (Å²) in [4.78, 5) is 1.99. The summed E-state index contributed by atoms with van der Waals surface area (Å²) in [6, 6.07) is 40.5. The fraction of sp³-hybridized carbons (Fsp3) is 0.250. The second-order valence-electron chi connectivity index (χ2n) is 18.6. The Labute approximate surface area is 379 Å². The summed E-state index contributed by atoms with van der Waals surface area (Å²) in [5.41, 5.74) is 12.5. The maximum atomic E-state index is 11.7. The van der Waals surface area contributed by atoms with Crippen molar-refractivity contribution in [2.24, 2.45) is 0 Å². The number of nitrogens with zero attached hydrogens (tertiary/aromatic N) is 2. The fourth-order valence-corrected chi connectivity index (χ4v) is 10.9. The van der Waals surface area contributed by atoms with Crippen LogP contribution in [-0.2, 0) is 26.4 Å². The lowest BCUT2D eigenvalue weighted by atomic mass is 9.78. The first-order valence-corrected chi connectivity index (χ1v) is 23.5. The third-order valence-corrected chi connectivity index (χ3v) is 14.9. The molecule has 6 aromatic carbocycles. The minimum absolute atomic E-state index is 0.164. The summed E-state index contributed by atoms with van der Waals surface area (Å²) in [5.74, 6) is 0. The number of allylic oxidation sites excluding steroid dienone is 8. The number of aryl methyl sites for hydroxylation is 1. The lowest BCUT2D eigenvalue weighted by molar-refractivity contribution is -0.401. The standard InChI is InChI=1S/C41H41ClN2O3S.C15H15/c1-25-11-17-31-28(23-25)12-19-33-37(31)40(2,3)35(43(33)6)21-14-26-9-8-10-27(39(26)42)15-22-36-41(4,5)38-32-18-16-30(48(45,46)47)24-29(32)13-20-34(38)44(36)7;1-15(2,13-9-5-3-6-10-13)14-11-7-4-8-12-14/h11-24H,8-10H2,1-7H3;3-12H,1H2,2H3/q;+1. The number of fused-ring (bicyclic) bond motifs is 6. The minimum Gasteiger partial charge on any atom is -0.744 e. The average molecular weight is 873 g/mol. The molecule has 7 heteroatoms. The van der Waals surface area contributed by atoms with Gasteiger partial charge in [0.05, 0.1) is 17.2 Å². The van der Waals surface area contributed by atoms with Crippen molar-refractivity contribution in [1.29, 1.82) is 0 Å². The quantitative estimate of drug-likeness (QED) is 0.0950. The van der Waals surface area contributed by atoms with Crippen LogP contribution in [-0.4, -0.2) is 37.4 Å². The summed E-state index contributed by atoms with van der Waals surface area (Å²) >= 11 is 7.16. The van der Waals surface area contributed by atoms with Crippen LogP contribution in [0.2, 0.25) is 0 Å². The predicted molar refractivity (Wildman–Crippen MR) is 263 cm³/mol. The van der Waals surface area contributed by atoms with Crippen molar-refractivity contribution in [3.8, 4) is 0 Å². The molecule has 320 valence electrons. The molecule has 0 amide bonds. The van der Waals surface area contributed by atoms with Gasteiger partial charge in [-0.3, -0.25) is 0 Å². The van der Waals surface area contributed by atoms with E-state index in [2.05, 4.69) is 175 Å². The molecule has 9 rings (SSSR count). The molecule has 0 bridgehead atoms. The van der Waals surface area contributed by atoms with Gasteiger partial charge in [-0.25, -0.2) is 8.42 Å². The molecule has 63 heavy (non-hydrogen) atoms. The van der Waals surface area contributed by atoms with Crippen LogP contribution in [0.1, 0.15) is 81.7 Å². The monoisotopic (exact) mass is 871 g/mol. The van der Waals surface area contributed by atoms with Crippen LogP contribution in [0.15, 0.2) is 172 Å². The van der Waals surface area contributed by atoms with Crippen LogP contribution in [0.3, 0.4) is 0 Å². The SMILES string of the molecule is Cc1ccc2c3c(ccc2c1)[N+](C)=C(/C=C/C1=C(Cl)C(=C/C=C2/N(C)c4ccc5cc(S(=O)(=O)[O-])ccc5c4C2(C)C)/CCC1)C3(C)C.[CH2+]C(C)(c1ccccc1)c1ccccc1. The van der Waals surface area contributed by atoms with E-state index in [0.29, 0.717) is 0 Å². The summed E-state index contributed by atoms with van der Waals surface area (Å²) in [5, 5.41) is 5.08. The molecule has 2 heterocycles. The average Bonchev–Trinajstić information content (AvgIpc) is 3.58. The van der Waals surface area contributed by atoms with Gasteiger partial charge in [-0.2, -0.15) is 4.58 Å². The molecule has 0 N–H and O–H groups in total. The molecule has 0 saturated heterocycles. The highest BCUT2D eigenvalue weighted by Crippen LogP contribution is 2.51. The molecule has 5 nitrogen and oxygen atoms in total. The van der Waals surface area contributed by atoms with E-state index >= 15 is 0 Å². The number of benzene rings is 6. The molecule has 0 unspecified atom stereocenters. The van der Waals surface area contributed by atoms with Crippen molar-refractivity contribution in [1.82, 2.24) is 0 Å². The van der Waals surface area contributed by atoms with Crippen molar-refractivity contribution in [3.05, 3.63) is 202 Å². The van der Waals surface area contributed by atoms with Crippen LogP contribution in [0.5, 0.6) is 0 Å². The van der Waals surface area contributed by atoms with Crippen molar-refractivity contribution in [2.45, 2.75) is 81.9 Å². The normalized spacial score (nSPS) is 18.4. The first-order chi connectivity index (χ1) is 29.8. The first kappa shape index (κ1) is 44.0. The molecule has 0 saturated carbocycles. The fourth-order valence-electron chi connectivity index (χ4n) is 10.1. The van der Waals surface area contributed by atoms with Gasteiger partial charge < -0.3 is 9.45 Å². The Hall–Kier alpha value is -5.66. The molecule has 2 aliphatic heterocycles. The van der Waals surface area contributed by atoms with E-state index in [4.69, 9.17) is 11.6 Å². The molecular weight excluding hydrogens is 816 g/mol. The van der Waals surface area contributed by atoms with Crippen molar-refractivity contribution >= 4 is 60.4 Å². The lowest BCUT2D eigenvalue weighted by Crippen LogP contribution is -2.27. The molecule has 0 fully saturated rings. The molecule has 3 aliphatic rings. The molecular formula is C56H56ClN2O3S+. The van der Waals surface area contributed by atoms with E-state index in [1.165, 1.54) is 56.6 Å². The van der Waals surface area contributed by atoms with Crippen LogP contribution in [0.25, 0.3) is 21.5 Å². The number of anilines is 1. The largest absolute Gasteiger partial charge is 0.744 e. The topological polar surface area (TPSA) is 63.5 Å². The molecule has 0 spiro atoms. The van der Waals surface area contributed by atoms with Crippen LogP contribution in [0.4, 0.5) is 11.4 Å². The third-order valence-electron chi connectivity index (χ3n) is 13.6. The summed E-state index contributed by atoms with van der Waals surface area (Å²) < 4.78 is 37.3. The number of halogens is 1. The predicted octanol–water partition coefficient (Wildman–Crippen LogP) is 13.5. The van der Waals surface area contributed by atoms with Gasteiger partial charge in [0.2, 0.25) is 5.69 Å². The van der Waals surface area contributed by atoms with Crippen LogP contribution >= 0.6 is 11.6 Å². The zero-order valence-electron chi connectivity index (χ0n) is 37.6. The maximum Gasteiger partial charge on any atom is 0.210 e. The maximum absolute atomic E-state index is 11.7. The number of hydrogen-bond donors (Lipinski definition) is 0. The Morgan fingerprint density at radius 1 is 0.762 bits per heavy atom. The Morgan fingerprint density at radius 2 is 1.37 bits per heavy atom. The second kappa shape index (κ2) is 16.5. The van der Waals surface area contributed by atoms with Crippen molar-refractivity contribution in [3.63, 3.8) is 0 Å². The Balaban J connectivity index is 0.000000306. The van der Waals surface area contributed by atoms with Crippen molar-refractivity contribution in [2.75, 3.05) is 19.0 Å². The minimum atomic E-state index is -4.53. The summed E-state index contributed by atoms with van der Waals surface area (Å²) in [6.45, 7) is 17.6. The molecule has 6 aromatic rings. The van der Waals surface area contributed by atoms with Gasteiger partial charge in [0.15, 0.2) is 11.1 Å². The number of hydrogen-bond acceptors (Lipinski definition) is 4. The number of rotatable bonds is 6. The lowest BCUT2D eigenvalue weighted by Gasteiger charge is -2.25. The van der Waals surface area contributed by atoms with Gasteiger partial charge >= 0.3 is 0 Å².